The van der Waals surface area contributed by atoms with Crippen molar-refractivity contribution < 1.29 is 4.79 Å². The molecule has 2 saturated heterocycles. The quantitative estimate of drug-likeness (QED) is 0.897. The average Bonchev–Trinajstić information content (AvgIpc) is 3.10. The van der Waals surface area contributed by atoms with Crippen LogP contribution in [0.15, 0.2) is 30.3 Å². The van der Waals surface area contributed by atoms with E-state index in [1.165, 1.54) is 5.56 Å². The SMILES string of the molecule is O=C(C1CCNC1)N1CCCC1Cc1ccccc1. The van der Waals surface area contributed by atoms with Crippen molar-refractivity contribution in [1.29, 1.82) is 0 Å². The summed E-state index contributed by atoms with van der Waals surface area (Å²) in [6, 6.07) is 11.0. The molecule has 19 heavy (non-hydrogen) atoms. The van der Waals surface area contributed by atoms with Crippen LogP contribution >= 0.6 is 0 Å². The average molecular weight is 258 g/mol. The first-order valence-corrected chi connectivity index (χ1v) is 7.40. The summed E-state index contributed by atoms with van der Waals surface area (Å²) in [6.07, 6.45) is 4.32. The highest BCUT2D eigenvalue weighted by Crippen LogP contribution is 2.24. The monoisotopic (exact) mass is 258 g/mol. The van der Waals surface area contributed by atoms with Gasteiger partial charge in [0.1, 0.15) is 0 Å². The Morgan fingerprint density at radius 1 is 1.26 bits per heavy atom. The second-order valence-electron chi connectivity index (χ2n) is 5.71. The summed E-state index contributed by atoms with van der Waals surface area (Å²) in [5, 5.41) is 3.29. The van der Waals surface area contributed by atoms with E-state index >= 15 is 0 Å². The first-order valence-electron chi connectivity index (χ1n) is 7.40. The fourth-order valence-electron chi connectivity index (χ4n) is 3.32. The lowest BCUT2D eigenvalue weighted by Gasteiger charge is -2.27. The van der Waals surface area contributed by atoms with E-state index in [2.05, 4.69) is 34.5 Å². The summed E-state index contributed by atoms with van der Waals surface area (Å²) in [6.45, 7) is 2.81. The Balaban J connectivity index is 1.66. The molecular weight excluding hydrogens is 236 g/mol. The second-order valence-corrected chi connectivity index (χ2v) is 5.71. The number of rotatable bonds is 3. The van der Waals surface area contributed by atoms with Crippen molar-refractivity contribution in [3.8, 4) is 0 Å². The summed E-state index contributed by atoms with van der Waals surface area (Å²) in [5.41, 5.74) is 1.34. The lowest BCUT2D eigenvalue weighted by molar-refractivity contribution is -0.135. The molecular formula is C16H22N2O. The van der Waals surface area contributed by atoms with Crippen LogP contribution in [0, 0.1) is 5.92 Å². The Bertz CT molecular complexity index is 426. The van der Waals surface area contributed by atoms with Crippen molar-refractivity contribution in [3.63, 3.8) is 0 Å². The van der Waals surface area contributed by atoms with Crippen LogP contribution in [-0.4, -0.2) is 36.5 Å². The predicted molar refractivity (Wildman–Crippen MR) is 75.9 cm³/mol. The summed E-state index contributed by atoms with van der Waals surface area (Å²) in [4.78, 5) is 14.7. The number of hydrogen-bond donors (Lipinski definition) is 1. The maximum atomic E-state index is 12.5. The molecule has 3 nitrogen and oxygen atoms in total. The van der Waals surface area contributed by atoms with E-state index in [9.17, 15) is 4.79 Å². The van der Waals surface area contributed by atoms with Gasteiger partial charge in [0.2, 0.25) is 5.91 Å². The van der Waals surface area contributed by atoms with Gasteiger partial charge in [0.25, 0.3) is 0 Å². The molecule has 2 aliphatic heterocycles. The highest BCUT2D eigenvalue weighted by molar-refractivity contribution is 5.80. The Morgan fingerprint density at radius 2 is 2.11 bits per heavy atom. The number of hydrogen-bond acceptors (Lipinski definition) is 2. The third-order valence-electron chi connectivity index (χ3n) is 4.38. The fourth-order valence-corrected chi connectivity index (χ4v) is 3.32. The normalized spacial score (nSPS) is 26.8. The van der Waals surface area contributed by atoms with Gasteiger partial charge in [-0.25, -0.2) is 0 Å². The summed E-state index contributed by atoms with van der Waals surface area (Å²) < 4.78 is 0. The Morgan fingerprint density at radius 3 is 2.84 bits per heavy atom. The van der Waals surface area contributed by atoms with Gasteiger partial charge >= 0.3 is 0 Å². The Kier molecular flexibility index (Phi) is 3.83. The molecule has 2 unspecified atom stereocenters. The minimum absolute atomic E-state index is 0.219. The van der Waals surface area contributed by atoms with Gasteiger partial charge in [-0.1, -0.05) is 30.3 Å². The number of carbonyl (C=O) groups is 1. The molecule has 0 bridgehead atoms. The summed E-state index contributed by atoms with van der Waals surface area (Å²) in [5.74, 6) is 0.597. The van der Waals surface area contributed by atoms with Crippen LogP contribution in [0.3, 0.4) is 0 Å². The van der Waals surface area contributed by atoms with Gasteiger partial charge in [-0.05, 0) is 37.8 Å². The second kappa shape index (κ2) is 5.74. The smallest absolute Gasteiger partial charge is 0.227 e. The van der Waals surface area contributed by atoms with Crippen molar-refractivity contribution in [1.82, 2.24) is 10.2 Å². The van der Waals surface area contributed by atoms with E-state index in [1.54, 1.807) is 0 Å². The molecule has 1 aromatic rings. The molecule has 102 valence electrons. The topological polar surface area (TPSA) is 32.3 Å². The maximum Gasteiger partial charge on any atom is 0.227 e. The predicted octanol–water partition coefficient (Wildman–Crippen LogP) is 1.83. The molecule has 0 aliphatic carbocycles. The zero-order valence-corrected chi connectivity index (χ0v) is 11.3. The van der Waals surface area contributed by atoms with Crippen LogP contribution in [0.1, 0.15) is 24.8 Å². The highest BCUT2D eigenvalue weighted by Gasteiger charge is 2.34. The van der Waals surface area contributed by atoms with Crippen molar-refractivity contribution in [2.75, 3.05) is 19.6 Å². The van der Waals surface area contributed by atoms with Gasteiger partial charge in [0, 0.05) is 19.1 Å². The molecule has 0 radical (unpaired) electrons. The van der Waals surface area contributed by atoms with Crippen molar-refractivity contribution >= 4 is 5.91 Å². The molecule has 2 aliphatic rings. The third-order valence-corrected chi connectivity index (χ3v) is 4.38. The largest absolute Gasteiger partial charge is 0.339 e. The number of amides is 1. The van der Waals surface area contributed by atoms with E-state index in [4.69, 9.17) is 0 Å². The fraction of sp³-hybridized carbons (Fsp3) is 0.562. The number of likely N-dealkylation sites (tertiary alicyclic amines) is 1. The molecule has 0 spiro atoms. The molecule has 0 saturated carbocycles. The first kappa shape index (κ1) is 12.7. The van der Waals surface area contributed by atoms with Crippen molar-refractivity contribution in [3.05, 3.63) is 35.9 Å². The molecule has 1 aromatic carbocycles. The highest BCUT2D eigenvalue weighted by atomic mass is 16.2. The van der Waals surface area contributed by atoms with E-state index < -0.39 is 0 Å². The Labute approximate surface area is 115 Å². The number of nitrogens with zero attached hydrogens (tertiary/aromatic N) is 1. The summed E-state index contributed by atoms with van der Waals surface area (Å²) >= 11 is 0. The van der Waals surface area contributed by atoms with Gasteiger partial charge in [-0.2, -0.15) is 0 Å². The summed E-state index contributed by atoms with van der Waals surface area (Å²) in [7, 11) is 0. The molecule has 0 aromatic heterocycles. The van der Waals surface area contributed by atoms with Crippen molar-refractivity contribution in [2.24, 2.45) is 5.92 Å². The third kappa shape index (κ3) is 2.81. The standard InChI is InChI=1S/C16H22N2O/c19-16(14-8-9-17-12-14)18-10-4-7-15(18)11-13-5-2-1-3-6-13/h1-3,5-6,14-15,17H,4,7-12H2. The maximum absolute atomic E-state index is 12.5. The molecule has 2 fully saturated rings. The van der Waals surface area contributed by atoms with Crippen LogP contribution in [0.4, 0.5) is 0 Å². The van der Waals surface area contributed by atoms with E-state index in [-0.39, 0.29) is 5.92 Å². The minimum Gasteiger partial charge on any atom is -0.339 e. The molecule has 2 atom stereocenters. The van der Waals surface area contributed by atoms with Crippen LogP contribution in [0.5, 0.6) is 0 Å². The van der Waals surface area contributed by atoms with Gasteiger partial charge in [0.05, 0.1) is 5.92 Å². The van der Waals surface area contributed by atoms with E-state index in [1.807, 2.05) is 6.07 Å². The first-order chi connectivity index (χ1) is 9.34. The van der Waals surface area contributed by atoms with Gasteiger partial charge in [0.15, 0.2) is 0 Å². The Hall–Kier alpha value is -1.35. The van der Waals surface area contributed by atoms with Crippen LogP contribution in [-0.2, 0) is 11.2 Å². The van der Waals surface area contributed by atoms with Crippen molar-refractivity contribution in [2.45, 2.75) is 31.7 Å². The van der Waals surface area contributed by atoms with Crippen LogP contribution in [0.2, 0.25) is 0 Å². The minimum atomic E-state index is 0.219. The van der Waals surface area contributed by atoms with Crippen LogP contribution in [0.25, 0.3) is 0 Å². The lowest BCUT2D eigenvalue weighted by atomic mass is 10.0. The number of carbonyl (C=O) groups excluding carboxylic acids is 1. The van der Waals surface area contributed by atoms with Crippen LogP contribution < -0.4 is 5.32 Å². The molecule has 3 rings (SSSR count). The molecule has 1 amide bonds. The number of nitrogens with one attached hydrogen (secondary N) is 1. The van der Waals surface area contributed by atoms with Gasteiger partial charge < -0.3 is 10.2 Å². The van der Waals surface area contributed by atoms with Gasteiger partial charge in [-0.3, -0.25) is 4.79 Å². The number of benzene rings is 1. The lowest BCUT2D eigenvalue weighted by Crippen LogP contribution is -2.41. The zero-order chi connectivity index (χ0) is 13.1. The zero-order valence-electron chi connectivity index (χ0n) is 11.3. The molecule has 3 heteroatoms. The van der Waals surface area contributed by atoms with E-state index in [0.29, 0.717) is 11.9 Å². The molecule has 1 N–H and O–H groups in total. The molecule has 2 heterocycles. The van der Waals surface area contributed by atoms with E-state index in [0.717, 1.165) is 45.3 Å². The van der Waals surface area contributed by atoms with Gasteiger partial charge in [-0.15, -0.1) is 0 Å².